The molecule has 1 fully saturated rings. The summed E-state index contributed by atoms with van der Waals surface area (Å²) in [7, 11) is 0. The first-order chi connectivity index (χ1) is 13.1. The van der Waals surface area contributed by atoms with E-state index in [9.17, 15) is 9.59 Å². The van der Waals surface area contributed by atoms with Crippen LogP contribution in [0.25, 0.3) is 0 Å². The topological polar surface area (TPSA) is 67.9 Å². The number of nitrogens with one attached hydrogen (secondary N) is 1. The van der Waals surface area contributed by atoms with Gasteiger partial charge in [-0.05, 0) is 49.4 Å². The third-order valence-corrected chi connectivity index (χ3v) is 4.55. The molecule has 0 saturated carbocycles. The van der Waals surface area contributed by atoms with Gasteiger partial charge in [0.05, 0.1) is 36.1 Å². The molecule has 0 spiro atoms. The number of morpholine rings is 1. The zero-order valence-electron chi connectivity index (χ0n) is 15.0. The predicted octanol–water partition coefficient (Wildman–Crippen LogP) is 3.61. The molecule has 0 atom stereocenters. The fourth-order valence-corrected chi connectivity index (χ4v) is 3.03. The van der Waals surface area contributed by atoms with Crippen LogP contribution in [0.4, 0.5) is 11.4 Å². The Morgan fingerprint density at radius 2 is 1.78 bits per heavy atom. The minimum atomic E-state index is -0.448. The van der Waals surface area contributed by atoms with E-state index in [1.54, 1.807) is 31.2 Å². The number of anilines is 2. The Bertz CT molecular complexity index is 817. The summed E-state index contributed by atoms with van der Waals surface area (Å²) in [5, 5.41) is 3.04. The molecule has 2 aromatic carbocycles. The van der Waals surface area contributed by atoms with Gasteiger partial charge in [0.15, 0.2) is 0 Å². The normalized spacial score (nSPS) is 13.9. The maximum atomic E-state index is 12.5. The van der Waals surface area contributed by atoms with Crippen LogP contribution in [0.15, 0.2) is 42.5 Å². The van der Waals surface area contributed by atoms with E-state index in [-0.39, 0.29) is 17.5 Å². The molecule has 2 aromatic rings. The smallest absolute Gasteiger partial charge is 0.338 e. The first-order valence-corrected chi connectivity index (χ1v) is 9.17. The summed E-state index contributed by atoms with van der Waals surface area (Å²) < 4.78 is 10.3. The quantitative estimate of drug-likeness (QED) is 0.792. The summed E-state index contributed by atoms with van der Waals surface area (Å²) in [6.45, 7) is 5.13. The van der Waals surface area contributed by atoms with Crippen molar-refractivity contribution in [3.63, 3.8) is 0 Å². The van der Waals surface area contributed by atoms with E-state index in [4.69, 9.17) is 21.1 Å². The lowest BCUT2D eigenvalue weighted by atomic mass is 10.1. The maximum Gasteiger partial charge on any atom is 0.338 e. The molecule has 1 aliphatic heterocycles. The lowest BCUT2D eigenvalue weighted by molar-refractivity contribution is 0.0526. The number of esters is 1. The van der Waals surface area contributed by atoms with Gasteiger partial charge in [-0.15, -0.1) is 0 Å². The third-order valence-electron chi connectivity index (χ3n) is 4.23. The van der Waals surface area contributed by atoms with Crippen LogP contribution in [0.5, 0.6) is 0 Å². The van der Waals surface area contributed by atoms with Crippen molar-refractivity contribution in [3.05, 3.63) is 58.6 Å². The molecule has 0 bridgehead atoms. The van der Waals surface area contributed by atoms with E-state index in [2.05, 4.69) is 10.2 Å². The van der Waals surface area contributed by atoms with Gasteiger partial charge >= 0.3 is 5.97 Å². The number of carbonyl (C=O) groups excluding carboxylic acids is 2. The zero-order chi connectivity index (χ0) is 19.2. The van der Waals surface area contributed by atoms with Crippen LogP contribution in [-0.4, -0.2) is 44.8 Å². The predicted molar refractivity (Wildman–Crippen MR) is 105 cm³/mol. The van der Waals surface area contributed by atoms with Gasteiger partial charge in [-0.3, -0.25) is 4.79 Å². The maximum absolute atomic E-state index is 12.5. The number of halogens is 1. The van der Waals surface area contributed by atoms with Crippen molar-refractivity contribution in [1.29, 1.82) is 0 Å². The highest BCUT2D eigenvalue weighted by molar-refractivity contribution is 6.34. The fourth-order valence-electron chi connectivity index (χ4n) is 2.80. The molecule has 0 unspecified atom stereocenters. The number of benzene rings is 2. The third kappa shape index (κ3) is 4.78. The van der Waals surface area contributed by atoms with Crippen molar-refractivity contribution in [2.24, 2.45) is 0 Å². The first-order valence-electron chi connectivity index (χ1n) is 8.79. The minimum Gasteiger partial charge on any atom is -0.462 e. The summed E-state index contributed by atoms with van der Waals surface area (Å²) in [5.74, 6) is -0.717. The van der Waals surface area contributed by atoms with E-state index in [1.165, 1.54) is 6.07 Å². The summed E-state index contributed by atoms with van der Waals surface area (Å²) in [4.78, 5) is 26.4. The van der Waals surface area contributed by atoms with E-state index in [1.807, 2.05) is 12.1 Å². The Balaban J connectivity index is 1.67. The summed E-state index contributed by atoms with van der Waals surface area (Å²) in [6.07, 6.45) is 0. The Morgan fingerprint density at radius 1 is 1.11 bits per heavy atom. The Morgan fingerprint density at radius 3 is 2.41 bits per heavy atom. The fraction of sp³-hybridized carbons (Fsp3) is 0.300. The van der Waals surface area contributed by atoms with Crippen molar-refractivity contribution in [3.8, 4) is 0 Å². The van der Waals surface area contributed by atoms with Crippen LogP contribution < -0.4 is 10.2 Å². The van der Waals surface area contributed by atoms with Crippen LogP contribution >= 0.6 is 11.6 Å². The van der Waals surface area contributed by atoms with E-state index < -0.39 is 5.97 Å². The van der Waals surface area contributed by atoms with Crippen molar-refractivity contribution in [1.82, 2.24) is 0 Å². The molecule has 7 heteroatoms. The second-order valence-corrected chi connectivity index (χ2v) is 6.42. The molecule has 0 aliphatic carbocycles. The van der Waals surface area contributed by atoms with Gasteiger partial charge < -0.3 is 19.7 Å². The average Bonchev–Trinajstić information content (AvgIpc) is 2.70. The number of amides is 1. The molecular formula is C20H21ClN2O4. The molecular weight excluding hydrogens is 368 g/mol. The largest absolute Gasteiger partial charge is 0.462 e. The van der Waals surface area contributed by atoms with Crippen molar-refractivity contribution in [2.75, 3.05) is 43.1 Å². The summed E-state index contributed by atoms with van der Waals surface area (Å²) in [5.41, 5.74) is 2.37. The molecule has 142 valence electrons. The molecule has 3 rings (SSSR count). The highest BCUT2D eigenvalue weighted by Crippen LogP contribution is 2.24. The minimum absolute atomic E-state index is 0.269. The number of nitrogens with zero attached hydrogens (tertiary/aromatic N) is 1. The molecule has 1 aliphatic rings. The monoisotopic (exact) mass is 388 g/mol. The molecule has 1 saturated heterocycles. The lowest BCUT2D eigenvalue weighted by Gasteiger charge is -2.28. The van der Waals surface area contributed by atoms with Crippen molar-refractivity contribution >= 4 is 34.9 Å². The van der Waals surface area contributed by atoms with Crippen LogP contribution in [-0.2, 0) is 9.47 Å². The van der Waals surface area contributed by atoms with Gasteiger partial charge in [0.25, 0.3) is 5.91 Å². The van der Waals surface area contributed by atoms with Gasteiger partial charge in [0.1, 0.15) is 0 Å². The van der Waals surface area contributed by atoms with Gasteiger partial charge in [0, 0.05) is 24.3 Å². The Labute approximate surface area is 163 Å². The second kappa shape index (κ2) is 8.88. The average molecular weight is 389 g/mol. The number of carbonyl (C=O) groups is 2. The van der Waals surface area contributed by atoms with Crippen molar-refractivity contribution in [2.45, 2.75) is 6.92 Å². The lowest BCUT2D eigenvalue weighted by Crippen LogP contribution is -2.36. The van der Waals surface area contributed by atoms with Crippen LogP contribution in [0, 0.1) is 0 Å². The number of hydrogen-bond acceptors (Lipinski definition) is 5. The van der Waals surface area contributed by atoms with E-state index in [0.29, 0.717) is 30.0 Å². The highest BCUT2D eigenvalue weighted by atomic mass is 35.5. The van der Waals surface area contributed by atoms with E-state index in [0.717, 1.165) is 18.8 Å². The number of hydrogen-bond donors (Lipinski definition) is 1. The molecule has 1 amide bonds. The SMILES string of the molecule is CCOC(=O)c1ccc(NC(=O)c2ccc(N3CCOCC3)cc2)c(Cl)c1. The number of ether oxygens (including phenoxy) is 2. The first kappa shape index (κ1) is 19.2. The van der Waals surface area contributed by atoms with Gasteiger partial charge in [-0.25, -0.2) is 4.79 Å². The van der Waals surface area contributed by atoms with Gasteiger partial charge in [-0.1, -0.05) is 11.6 Å². The van der Waals surface area contributed by atoms with Gasteiger partial charge in [0.2, 0.25) is 0 Å². The van der Waals surface area contributed by atoms with Crippen LogP contribution in [0.3, 0.4) is 0 Å². The molecule has 27 heavy (non-hydrogen) atoms. The highest BCUT2D eigenvalue weighted by Gasteiger charge is 2.14. The van der Waals surface area contributed by atoms with Gasteiger partial charge in [-0.2, -0.15) is 0 Å². The Kier molecular flexibility index (Phi) is 6.32. The van der Waals surface area contributed by atoms with E-state index >= 15 is 0 Å². The summed E-state index contributed by atoms with van der Waals surface area (Å²) >= 11 is 6.19. The standard InChI is InChI=1S/C20H21ClN2O4/c1-2-27-20(25)15-5-8-18(17(21)13-15)22-19(24)14-3-6-16(7-4-14)23-9-11-26-12-10-23/h3-8,13H,2,9-12H2,1H3,(H,22,24). The van der Waals surface area contributed by atoms with Crippen LogP contribution in [0.2, 0.25) is 5.02 Å². The number of rotatable bonds is 5. The Hall–Kier alpha value is -2.57. The molecule has 1 N–H and O–H groups in total. The van der Waals surface area contributed by atoms with Crippen LogP contribution in [0.1, 0.15) is 27.6 Å². The molecule has 0 radical (unpaired) electrons. The zero-order valence-corrected chi connectivity index (χ0v) is 15.8. The molecule has 1 heterocycles. The second-order valence-electron chi connectivity index (χ2n) is 6.02. The molecule has 6 nitrogen and oxygen atoms in total. The molecule has 0 aromatic heterocycles. The summed E-state index contributed by atoms with van der Waals surface area (Å²) in [6, 6.07) is 12.0. The van der Waals surface area contributed by atoms with Crippen molar-refractivity contribution < 1.29 is 19.1 Å².